The molecule has 2 aromatic rings. The lowest BCUT2D eigenvalue weighted by molar-refractivity contribution is -0.137. The topological polar surface area (TPSA) is 47.0 Å². The summed E-state index contributed by atoms with van der Waals surface area (Å²) in [4.78, 5) is 19.5. The molecule has 1 amide bonds. The Morgan fingerprint density at radius 3 is 2.33 bits per heavy atom. The number of para-hydroxylation sites is 2. The first kappa shape index (κ1) is 17.9. The summed E-state index contributed by atoms with van der Waals surface area (Å²) in [5, 5.41) is 10.1. The molecule has 0 unspecified atom stereocenters. The van der Waals surface area contributed by atoms with Gasteiger partial charge in [-0.1, -0.05) is 36.4 Å². The van der Waals surface area contributed by atoms with E-state index in [-0.39, 0.29) is 11.9 Å². The van der Waals surface area contributed by atoms with Crippen molar-refractivity contribution < 1.29 is 9.90 Å². The Balaban J connectivity index is 1.36. The lowest BCUT2D eigenvalue weighted by atomic mass is 9.99. The largest absolute Gasteiger partial charge is 0.506 e. The van der Waals surface area contributed by atoms with Crippen LogP contribution in [0.4, 0.5) is 5.69 Å². The highest BCUT2D eigenvalue weighted by atomic mass is 16.3. The van der Waals surface area contributed by atoms with Crippen LogP contribution in [0.3, 0.4) is 0 Å². The van der Waals surface area contributed by atoms with Gasteiger partial charge in [0.2, 0.25) is 5.91 Å². The van der Waals surface area contributed by atoms with Gasteiger partial charge in [0.05, 0.1) is 11.7 Å². The molecule has 142 valence electrons. The SMILES string of the molecule is C[C@@H](C(=O)N1CCc2ccccc2C1)N1CCN(c2ccccc2O)CC1. The van der Waals surface area contributed by atoms with E-state index in [0.717, 1.165) is 51.4 Å². The number of benzene rings is 2. The second kappa shape index (κ2) is 7.61. The number of rotatable bonds is 3. The minimum absolute atomic E-state index is 0.109. The summed E-state index contributed by atoms with van der Waals surface area (Å²) in [5.74, 6) is 0.544. The minimum Gasteiger partial charge on any atom is -0.506 e. The number of carbonyl (C=O) groups excluding carboxylic acids is 1. The summed E-state index contributed by atoms with van der Waals surface area (Å²) in [7, 11) is 0. The average molecular weight is 365 g/mol. The van der Waals surface area contributed by atoms with E-state index in [1.54, 1.807) is 6.07 Å². The maximum absolute atomic E-state index is 13.0. The van der Waals surface area contributed by atoms with Crippen molar-refractivity contribution in [3.63, 3.8) is 0 Å². The van der Waals surface area contributed by atoms with E-state index in [9.17, 15) is 9.90 Å². The zero-order valence-electron chi connectivity index (χ0n) is 15.8. The molecule has 1 saturated heterocycles. The Morgan fingerprint density at radius 1 is 0.926 bits per heavy atom. The zero-order chi connectivity index (χ0) is 18.8. The van der Waals surface area contributed by atoms with Crippen LogP contribution in [0.25, 0.3) is 0 Å². The summed E-state index contributed by atoms with van der Waals surface area (Å²) in [5.41, 5.74) is 3.52. The number of hydrogen-bond donors (Lipinski definition) is 1. The monoisotopic (exact) mass is 365 g/mol. The van der Waals surface area contributed by atoms with Gasteiger partial charge in [-0.3, -0.25) is 9.69 Å². The quantitative estimate of drug-likeness (QED) is 0.908. The predicted molar refractivity (Wildman–Crippen MR) is 107 cm³/mol. The van der Waals surface area contributed by atoms with E-state index >= 15 is 0 Å². The molecule has 2 aromatic carbocycles. The van der Waals surface area contributed by atoms with Gasteiger partial charge < -0.3 is 14.9 Å². The molecule has 2 heterocycles. The first-order valence-corrected chi connectivity index (χ1v) is 9.76. The Labute approximate surface area is 160 Å². The number of nitrogens with zero attached hydrogens (tertiary/aromatic N) is 3. The standard InChI is InChI=1S/C22H27N3O2/c1-17(22(27)25-11-10-18-6-2-3-7-19(18)16-25)23-12-14-24(15-13-23)20-8-4-5-9-21(20)26/h2-9,17,26H,10-16H2,1H3/t17-/m0/s1. The molecular formula is C22H27N3O2. The smallest absolute Gasteiger partial charge is 0.239 e. The fourth-order valence-electron chi connectivity index (χ4n) is 4.19. The highest BCUT2D eigenvalue weighted by Gasteiger charge is 2.30. The number of amides is 1. The summed E-state index contributed by atoms with van der Waals surface area (Å²) < 4.78 is 0. The second-order valence-electron chi connectivity index (χ2n) is 7.47. The van der Waals surface area contributed by atoms with Gasteiger partial charge in [-0.25, -0.2) is 0 Å². The molecule has 0 aliphatic carbocycles. The molecule has 0 radical (unpaired) electrons. The average Bonchev–Trinajstić information content (AvgIpc) is 2.73. The van der Waals surface area contributed by atoms with Crippen LogP contribution in [0.1, 0.15) is 18.1 Å². The van der Waals surface area contributed by atoms with Crippen LogP contribution in [0.5, 0.6) is 5.75 Å². The van der Waals surface area contributed by atoms with Crippen LogP contribution >= 0.6 is 0 Å². The molecule has 1 fully saturated rings. The van der Waals surface area contributed by atoms with Crippen molar-refractivity contribution in [3.05, 3.63) is 59.7 Å². The highest BCUT2D eigenvalue weighted by Crippen LogP contribution is 2.27. The molecular weight excluding hydrogens is 338 g/mol. The van der Waals surface area contributed by atoms with Crippen molar-refractivity contribution >= 4 is 11.6 Å². The molecule has 0 aromatic heterocycles. The number of aromatic hydroxyl groups is 1. The lowest BCUT2D eigenvalue weighted by Gasteiger charge is -2.40. The second-order valence-corrected chi connectivity index (χ2v) is 7.47. The van der Waals surface area contributed by atoms with Crippen molar-refractivity contribution in [3.8, 4) is 5.75 Å². The maximum atomic E-state index is 13.0. The molecule has 4 rings (SSSR count). The number of fused-ring (bicyclic) bond motifs is 1. The van der Waals surface area contributed by atoms with Gasteiger partial charge in [0, 0.05) is 39.3 Å². The van der Waals surface area contributed by atoms with Crippen LogP contribution in [-0.4, -0.2) is 59.6 Å². The third kappa shape index (κ3) is 3.65. The fourth-order valence-corrected chi connectivity index (χ4v) is 4.19. The highest BCUT2D eigenvalue weighted by molar-refractivity contribution is 5.81. The normalized spacial score (nSPS) is 18.9. The fraction of sp³-hybridized carbons (Fsp3) is 0.409. The van der Waals surface area contributed by atoms with Gasteiger partial charge in [0.15, 0.2) is 0 Å². The number of hydrogen-bond acceptors (Lipinski definition) is 4. The molecule has 0 bridgehead atoms. The van der Waals surface area contributed by atoms with Gasteiger partial charge >= 0.3 is 0 Å². The third-order valence-corrected chi connectivity index (χ3v) is 5.88. The molecule has 0 spiro atoms. The number of phenols is 1. The van der Waals surface area contributed by atoms with Crippen molar-refractivity contribution in [1.82, 2.24) is 9.80 Å². The van der Waals surface area contributed by atoms with Crippen molar-refractivity contribution in [2.45, 2.75) is 25.9 Å². The molecule has 27 heavy (non-hydrogen) atoms. The molecule has 1 N–H and O–H groups in total. The van der Waals surface area contributed by atoms with Crippen LogP contribution in [-0.2, 0) is 17.8 Å². The van der Waals surface area contributed by atoms with E-state index < -0.39 is 0 Å². The Hall–Kier alpha value is -2.53. The summed E-state index contributed by atoms with van der Waals surface area (Å²) in [6.07, 6.45) is 0.940. The molecule has 5 nitrogen and oxygen atoms in total. The first-order valence-electron chi connectivity index (χ1n) is 9.76. The van der Waals surface area contributed by atoms with Crippen molar-refractivity contribution in [2.75, 3.05) is 37.6 Å². The lowest BCUT2D eigenvalue weighted by Crippen LogP contribution is -2.55. The number of carbonyl (C=O) groups is 1. The van der Waals surface area contributed by atoms with E-state index in [0.29, 0.717) is 5.75 Å². The van der Waals surface area contributed by atoms with E-state index in [2.05, 4.69) is 34.1 Å². The Kier molecular flexibility index (Phi) is 5.03. The van der Waals surface area contributed by atoms with Crippen LogP contribution in [0.15, 0.2) is 48.5 Å². The Morgan fingerprint density at radius 2 is 1.59 bits per heavy atom. The van der Waals surface area contributed by atoms with E-state index in [1.165, 1.54) is 11.1 Å². The van der Waals surface area contributed by atoms with Crippen molar-refractivity contribution in [2.24, 2.45) is 0 Å². The van der Waals surface area contributed by atoms with Gasteiger partial charge in [0.1, 0.15) is 5.75 Å². The third-order valence-electron chi connectivity index (χ3n) is 5.88. The molecule has 5 heteroatoms. The summed E-state index contributed by atoms with van der Waals surface area (Å²) in [6.45, 7) is 6.83. The predicted octanol–water partition coefficient (Wildman–Crippen LogP) is 2.49. The summed E-state index contributed by atoms with van der Waals surface area (Å²) >= 11 is 0. The van der Waals surface area contributed by atoms with Crippen molar-refractivity contribution in [1.29, 1.82) is 0 Å². The molecule has 2 aliphatic rings. The Bertz CT molecular complexity index is 815. The van der Waals surface area contributed by atoms with Gasteiger partial charge in [-0.2, -0.15) is 0 Å². The molecule has 1 atom stereocenters. The van der Waals surface area contributed by atoms with Crippen LogP contribution in [0, 0.1) is 0 Å². The summed E-state index contributed by atoms with van der Waals surface area (Å²) in [6, 6.07) is 15.8. The van der Waals surface area contributed by atoms with Crippen LogP contribution in [0.2, 0.25) is 0 Å². The first-order chi connectivity index (χ1) is 13.1. The molecule has 2 aliphatic heterocycles. The molecule has 0 saturated carbocycles. The van der Waals surface area contributed by atoms with E-state index in [1.807, 2.05) is 30.0 Å². The van der Waals surface area contributed by atoms with Gasteiger partial charge in [-0.15, -0.1) is 0 Å². The van der Waals surface area contributed by atoms with Gasteiger partial charge in [0.25, 0.3) is 0 Å². The number of anilines is 1. The van der Waals surface area contributed by atoms with Gasteiger partial charge in [-0.05, 0) is 36.6 Å². The van der Waals surface area contributed by atoms with E-state index in [4.69, 9.17) is 0 Å². The maximum Gasteiger partial charge on any atom is 0.239 e. The minimum atomic E-state index is -0.109. The number of piperazine rings is 1. The zero-order valence-corrected chi connectivity index (χ0v) is 15.8. The van der Waals surface area contributed by atoms with Crippen LogP contribution < -0.4 is 4.90 Å². The number of phenolic OH excluding ortho intramolecular Hbond substituents is 1.